The Morgan fingerprint density at radius 2 is 2.08 bits per heavy atom. The maximum atomic E-state index is 12.2. The van der Waals surface area contributed by atoms with E-state index in [1.54, 1.807) is 6.92 Å². The fraction of sp³-hybridized carbons (Fsp3) is 0.278. The van der Waals surface area contributed by atoms with Crippen molar-refractivity contribution in [1.29, 1.82) is 0 Å². The summed E-state index contributed by atoms with van der Waals surface area (Å²) in [6.45, 7) is 5.79. The lowest BCUT2D eigenvalue weighted by molar-refractivity contribution is -0.121. The van der Waals surface area contributed by atoms with Crippen LogP contribution in [-0.2, 0) is 17.6 Å². The summed E-state index contributed by atoms with van der Waals surface area (Å²) in [6.07, 6.45) is 0.915. The SMILES string of the molecule is CCc1sc(C(=O)NNC(=O)Cc2nc(-c3cccs3)oc2C)cc1C. The minimum absolute atomic E-state index is 0.0324. The lowest BCUT2D eigenvalue weighted by Gasteiger charge is -2.05. The molecule has 0 unspecified atom stereocenters. The predicted octanol–water partition coefficient (Wildman–Crippen LogP) is 3.65. The highest BCUT2D eigenvalue weighted by Gasteiger charge is 2.17. The highest BCUT2D eigenvalue weighted by atomic mass is 32.1. The van der Waals surface area contributed by atoms with E-state index in [4.69, 9.17) is 4.42 Å². The first kappa shape index (κ1) is 18.3. The number of nitrogens with zero attached hydrogens (tertiary/aromatic N) is 1. The Balaban J connectivity index is 1.58. The van der Waals surface area contributed by atoms with Gasteiger partial charge in [-0.1, -0.05) is 13.0 Å². The first-order valence-electron chi connectivity index (χ1n) is 8.16. The van der Waals surface area contributed by atoms with Gasteiger partial charge in [0, 0.05) is 4.88 Å². The molecule has 0 saturated carbocycles. The van der Waals surface area contributed by atoms with Gasteiger partial charge in [0.2, 0.25) is 11.8 Å². The fourth-order valence-electron chi connectivity index (χ4n) is 2.46. The zero-order valence-corrected chi connectivity index (χ0v) is 16.3. The Labute approximate surface area is 159 Å². The second kappa shape index (κ2) is 7.84. The average Bonchev–Trinajstić information content (AvgIpc) is 3.33. The molecule has 0 aliphatic heterocycles. The van der Waals surface area contributed by atoms with Crippen molar-refractivity contribution in [3.8, 4) is 10.8 Å². The van der Waals surface area contributed by atoms with E-state index in [0.29, 0.717) is 22.2 Å². The van der Waals surface area contributed by atoms with Crippen molar-refractivity contribution >= 4 is 34.5 Å². The van der Waals surface area contributed by atoms with E-state index in [1.807, 2.05) is 37.4 Å². The number of hydrogen-bond donors (Lipinski definition) is 2. The maximum Gasteiger partial charge on any atom is 0.279 e. The molecule has 0 saturated heterocycles. The Hall–Kier alpha value is -2.45. The van der Waals surface area contributed by atoms with Crippen LogP contribution < -0.4 is 10.9 Å². The van der Waals surface area contributed by atoms with Crippen molar-refractivity contribution in [2.45, 2.75) is 33.6 Å². The maximum absolute atomic E-state index is 12.2. The van der Waals surface area contributed by atoms with Crippen LogP contribution in [0, 0.1) is 13.8 Å². The summed E-state index contributed by atoms with van der Waals surface area (Å²) < 4.78 is 5.62. The summed E-state index contributed by atoms with van der Waals surface area (Å²) in [5.41, 5.74) is 6.54. The molecule has 2 amide bonds. The Morgan fingerprint density at radius 1 is 1.27 bits per heavy atom. The number of nitrogens with one attached hydrogen (secondary N) is 2. The zero-order chi connectivity index (χ0) is 18.7. The quantitative estimate of drug-likeness (QED) is 0.653. The minimum Gasteiger partial charge on any atom is -0.440 e. The first-order chi connectivity index (χ1) is 12.5. The van der Waals surface area contributed by atoms with Gasteiger partial charge < -0.3 is 4.42 Å². The molecule has 2 N–H and O–H groups in total. The van der Waals surface area contributed by atoms with Crippen LogP contribution >= 0.6 is 22.7 Å². The van der Waals surface area contributed by atoms with Crippen molar-refractivity contribution < 1.29 is 14.0 Å². The fourth-order valence-corrected chi connectivity index (χ4v) is 4.12. The third kappa shape index (κ3) is 4.03. The number of rotatable bonds is 5. The molecule has 6 nitrogen and oxygen atoms in total. The Morgan fingerprint density at radius 3 is 2.73 bits per heavy atom. The van der Waals surface area contributed by atoms with E-state index in [-0.39, 0.29) is 18.2 Å². The molecular weight excluding hydrogens is 370 g/mol. The van der Waals surface area contributed by atoms with Gasteiger partial charge in [-0.3, -0.25) is 20.4 Å². The van der Waals surface area contributed by atoms with Gasteiger partial charge in [-0.25, -0.2) is 4.98 Å². The highest BCUT2D eigenvalue weighted by molar-refractivity contribution is 7.14. The van der Waals surface area contributed by atoms with Gasteiger partial charge in [0.05, 0.1) is 21.9 Å². The van der Waals surface area contributed by atoms with E-state index in [2.05, 4.69) is 15.8 Å². The summed E-state index contributed by atoms with van der Waals surface area (Å²) in [6, 6.07) is 5.66. The molecule has 3 heterocycles. The Kier molecular flexibility index (Phi) is 5.53. The number of thiophene rings is 2. The third-order valence-electron chi connectivity index (χ3n) is 3.83. The van der Waals surface area contributed by atoms with Crippen molar-refractivity contribution in [2.24, 2.45) is 0 Å². The van der Waals surface area contributed by atoms with E-state index in [1.165, 1.54) is 27.6 Å². The van der Waals surface area contributed by atoms with Gasteiger partial charge in [0.25, 0.3) is 5.91 Å². The van der Waals surface area contributed by atoms with Crippen LogP contribution in [0.4, 0.5) is 0 Å². The smallest absolute Gasteiger partial charge is 0.279 e. The van der Waals surface area contributed by atoms with Crippen molar-refractivity contribution in [1.82, 2.24) is 15.8 Å². The number of carbonyl (C=O) groups is 2. The van der Waals surface area contributed by atoms with E-state index in [0.717, 1.165) is 16.9 Å². The summed E-state index contributed by atoms with van der Waals surface area (Å²) in [5.74, 6) is 0.431. The second-order valence-corrected chi connectivity index (χ2v) is 7.83. The molecule has 26 heavy (non-hydrogen) atoms. The molecule has 0 aromatic carbocycles. The lowest BCUT2D eigenvalue weighted by Crippen LogP contribution is -2.42. The number of oxazole rings is 1. The number of hydrazine groups is 1. The molecule has 3 rings (SSSR count). The lowest BCUT2D eigenvalue weighted by atomic mass is 10.2. The Bertz CT molecular complexity index is 926. The summed E-state index contributed by atoms with van der Waals surface area (Å²) in [7, 11) is 0. The molecule has 3 aromatic heterocycles. The molecule has 0 spiro atoms. The summed E-state index contributed by atoms with van der Waals surface area (Å²) in [4.78, 5) is 31.3. The number of carbonyl (C=O) groups excluding carboxylic acids is 2. The number of amides is 2. The monoisotopic (exact) mass is 389 g/mol. The molecule has 8 heteroatoms. The van der Waals surface area contributed by atoms with Crippen molar-refractivity contribution in [3.05, 3.63) is 50.4 Å². The minimum atomic E-state index is -0.350. The van der Waals surface area contributed by atoms with E-state index in [9.17, 15) is 9.59 Å². The molecule has 136 valence electrons. The highest BCUT2D eigenvalue weighted by Crippen LogP contribution is 2.26. The second-order valence-electron chi connectivity index (χ2n) is 5.75. The molecule has 0 atom stereocenters. The molecule has 0 bridgehead atoms. The largest absolute Gasteiger partial charge is 0.440 e. The van der Waals surface area contributed by atoms with Crippen molar-refractivity contribution in [2.75, 3.05) is 0 Å². The van der Waals surface area contributed by atoms with Gasteiger partial charge in [-0.05, 0) is 43.3 Å². The van der Waals surface area contributed by atoms with E-state index < -0.39 is 0 Å². The van der Waals surface area contributed by atoms with Crippen LogP contribution in [0.25, 0.3) is 10.8 Å². The number of aromatic nitrogens is 1. The predicted molar refractivity (Wildman–Crippen MR) is 102 cm³/mol. The van der Waals surface area contributed by atoms with Gasteiger partial charge in [0.1, 0.15) is 5.76 Å². The van der Waals surface area contributed by atoms with Gasteiger partial charge in [-0.2, -0.15) is 0 Å². The van der Waals surface area contributed by atoms with Crippen LogP contribution in [0.2, 0.25) is 0 Å². The molecule has 0 aliphatic rings. The number of aryl methyl sites for hydroxylation is 3. The standard InChI is InChI=1S/C18H19N3O3S2/c1-4-13-10(2)8-15(26-13)17(23)21-20-16(22)9-12-11(3)24-18(19-12)14-6-5-7-25-14/h5-8H,4,9H2,1-3H3,(H,20,22)(H,21,23). The van der Waals surface area contributed by atoms with Gasteiger partial charge >= 0.3 is 0 Å². The third-order valence-corrected chi connectivity index (χ3v) is 6.07. The van der Waals surface area contributed by atoms with Crippen LogP contribution in [-0.4, -0.2) is 16.8 Å². The van der Waals surface area contributed by atoms with Gasteiger partial charge in [0.15, 0.2) is 0 Å². The topological polar surface area (TPSA) is 84.2 Å². The molecule has 0 aliphatic carbocycles. The summed E-state index contributed by atoms with van der Waals surface area (Å²) in [5, 5.41) is 1.94. The van der Waals surface area contributed by atoms with Crippen molar-refractivity contribution in [3.63, 3.8) is 0 Å². The molecule has 0 fully saturated rings. The summed E-state index contributed by atoms with van der Waals surface area (Å²) >= 11 is 2.96. The first-order valence-corrected chi connectivity index (χ1v) is 9.86. The van der Waals surface area contributed by atoms with Crippen LogP contribution in [0.5, 0.6) is 0 Å². The van der Waals surface area contributed by atoms with Crippen LogP contribution in [0.15, 0.2) is 28.0 Å². The number of hydrogen-bond acceptors (Lipinski definition) is 6. The molecule has 0 radical (unpaired) electrons. The zero-order valence-electron chi connectivity index (χ0n) is 14.7. The van der Waals surface area contributed by atoms with Crippen LogP contribution in [0.3, 0.4) is 0 Å². The normalized spacial score (nSPS) is 10.7. The van der Waals surface area contributed by atoms with E-state index >= 15 is 0 Å². The average molecular weight is 390 g/mol. The van der Waals surface area contributed by atoms with Gasteiger partial charge in [-0.15, -0.1) is 22.7 Å². The molecular formula is C18H19N3O3S2. The van der Waals surface area contributed by atoms with Crippen LogP contribution in [0.1, 0.15) is 38.5 Å². The molecule has 3 aromatic rings.